The standard InChI is InChI=1S/C14H13O4/c1-3-11(15)9-12(16)6-4-10-5-7-13(17)14(8-10)18-2/h1,3-8,17H,9H2,2H3. The summed E-state index contributed by atoms with van der Waals surface area (Å²) in [5.74, 6) is -0.425. The van der Waals surface area contributed by atoms with E-state index in [1.54, 1.807) is 12.1 Å². The molecule has 0 aliphatic heterocycles. The maximum atomic E-state index is 11.3. The maximum absolute atomic E-state index is 11.3. The minimum absolute atomic E-state index is 0.0221. The van der Waals surface area contributed by atoms with Crippen molar-refractivity contribution in [1.29, 1.82) is 0 Å². The summed E-state index contributed by atoms with van der Waals surface area (Å²) in [5.41, 5.74) is 0.683. The minimum Gasteiger partial charge on any atom is -0.504 e. The van der Waals surface area contributed by atoms with Crippen LogP contribution >= 0.6 is 0 Å². The van der Waals surface area contributed by atoms with E-state index in [4.69, 9.17) is 11.3 Å². The second-order valence-electron chi connectivity index (χ2n) is 3.54. The van der Waals surface area contributed by atoms with Crippen molar-refractivity contribution in [2.24, 2.45) is 0 Å². The fourth-order valence-electron chi connectivity index (χ4n) is 1.28. The summed E-state index contributed by atoms with van der Waals surface area (Å²) in [7, 11) is 1.43. The zero-order chi connectivity index (χ0) is 13.5. The van der Waals surface area contributed by atoms with Gasteiger partial charge < -0.3 is 9.84 Å². The molecule has 1 aromatic carbocycles. The highest BCUT2D eigenvalue weighted by molar-refractivity contribution is 6.09. The van der Waals surface area contributed by atoms with Gasteiger partial charge in [0.1, 0.15) is 0 Å². The molecule has 4 heteroatoms. The molecule has 1 radical (unpaired) electrons. The predicted molar refractivity (Wildman–Crippen MR) is 67.2 cm³/mol. The van der Waals surface area contributed by atoms with Gasteiger partial charge in [0.05, 0.1) is 13.5 Å². The van der Waals surface area contributed by atoms with E-state index in [9.17, 15) is 14.7 Å². The van der Waals surface area contributed by atoms with Gasteiger partial charge in [-0.05, 0) is 29.8 Å². The first-order chi connectivity index (χ1) is 8.56. The number of ketones is 2. The summed E-state index contributed by atoms with van der Waals surface area (Å²) in [6.45, 7) is 4.99. The van der Waals surface area contributed by atoms with Gasteiger partial charge in [0.25, 0.3) is 0 Å². The Hall–Kier alpha value is -2.36. The normalized spacial score (nSPS) is 10.3. The molecule has 0 saturated heterocycles. The molecule has 93 valence electrons. The Labute approximate surface area is 105 Å². The van der Waals surface area contributed by atoms with Gasteiger partial charge in [-0.25, -0.2) is 0 Å². The lowest BCUT2D eigenvalue weighted by atomic mass is 10.1. The number of methoxy groups -OCH3 is 1. The monoisotopic (exact) mass is 245 g/mol. The Balaban J connectivity index is 2.75. The molecule has 0 spiro atoms. The van der Waals surface area contributed by atoms with Crippen LogP contribution in [0.3, 0.4) is 0 Å². The maximum Gasteiger partial charge on any atom is 0.163 e. The van der Waals surface area contributed by atoms with Crippen LogP contribution in [-0.2, 0) is 9.59 Å². The van der Waals surface area contributed by atoms with E-state index in [-0.39, 0.29) is 18.0 Å². The molecule has 0 unspecified atom stereocenters. The van der Waals surface area contributed by atoms with E-state index in [0.717, 1.165) is 6.08 Å². The Kier molecular flexibility index (Phi) is 4.87. The Bertz CT molecular complexity index is 501. The molecule has 0 amide bonds. The van der Waals surface area contributed by atoms with Crippen LogP contribution in [0.2, 0.25) is 0 Å². The zero-order valence-electron chi connectivity index (χ0n) is 9.92. The van der Waals surface area contributed by atoms with Crippen molar-refractivity contribution in [1.82, 2.24) is 0 Å². The van der Waals surface area contributed by atoms with E-state index in [1.165, 1.54) is 25.3 Å². The second kappa shape index (κ2) is 6.39. The Morgan fingerprint density at radius 2 is 2.11 bits per heavy atom. The molecule has 0 saturated carbocycles. The predicted octanol–water partition coefficient (Wildman–Crippen LogP) is 1.93. The number of carbonyl (C=O) groups is 2. The topological polar surface area (TPSA) is 63.6 Å². The molecular formula is C14H13O4. The Morgan fingerprint density at radius 3 is 2.72 bits per heavy atom. The van der Waals surface area contributed by atoms with E-state index in [1.807, 2.05) is 0 Å². The third-order valence-electron chi connectivity index (χ3n) is 2.20. The second-order valence-corrected chi connectivity index (χ2v) is 3.54. The molecule has 0 fully saturated rings. The molecule has 0 aliphatic rings. The number of benzene rings is 1. The molecule has 18 heavy (non-hydrogen) atoms. The summed E-state index contributed by atoms with van der Waals surface area (Å²) >= 11 is 0. The van der Waals surface area contributed by atoms with Gasteiger partial charge in [-0.1, -0.05) is 18.7 Å². The van der Waals surface area contributed by atoms with Gasteiger partial charge in [0.2, 0.25) is 0 Å². The molecule has 1 aromatic rings. The third kappa shape index (κ3) is 3.90. The van der Waals surface area contributed by atoms with Crippen LogP contribution in [0.1, 0.15) is 12.0 Å². The number of phenolic OH excluding ortho intramolecular Hbond substituents is 1. The fraction of sp³-hybridized carbons (Fsp3) is 0.143. The first kappa shape index (κ1) is 13.7. The highest BCUT2D eigenvalue weighted by Crippen LogP contribution is 2.26. The van der Waals surface area contributed by atoms with Crippen molar-refractivity contribution < 1.29 is 19.4 Å². The average molecular weight is 245 g/mol. The third-order valence-corrected chi connectivity index (χ3v) is 2.20. The van der Waals surface area contributed by atoms with Crippen LogP contribution in [0, 0.1) is 6.58 Å². The number of ether oxygens (including phenoxy) is 1. The van der Waals surface area contributed by atoms with Crippen molar-refractivity contribution in [3.05, 3.63) is 42.5 Å². The molecule has 0 aliphatic carbocycles. The number of allylic oxidation sites excluding steroid dienone is 2. The summed E-state index contributed by atoms with van der Waals surface area (Å²) in [5, 5.41) is 9.38. The van der Waals surface area contributed by atoms with Crippen molar-refractivity contribution in [3.8, 4) is 11.5 Å². The lowest BCUT2D eigenvalue weighted by Crippen LogP contribution is -2.01. The minimum atomic E-state index is -0.423. The van der Waals surface area contributed by atoms with Crippen molar-refractivity contribution in [2.75, 3.05) is 7.11 Å². The van der Waals surface area contributed by atoms with E-state index in [0.29, 0.717) is 11.3 Å². The molecule has 0 atom stereocenters. The van der Waals surface area contributed by atoms with Crippen molar-refractivity contribution in [2.45, 2.75) is 6.42 Å². The fourth-order valence-corrected chi connectivity index (χ4v) is 1.28. The van der Waals surface area contributed by atoms with Gasteiger partial charge in [-0.2, -0.15) is 0 Å². The van der Waals surface area contributed by atoms with Gasteiger partial charge in [0.15, 0.2) is 23.1 Å². The number of rotatable bonds is 6. The quantitative estimate of drug-likeness (QED) is 0.614. The molecule has 0 aromatic heterocycles. The summed E-state index contributed by atoms with van der Waals surface area (Å²) in [6, 6.07) is 4.66. The number of carbonyl (C=O) groups excluding carboxylic acids is 2. The number of hydrogen-bond donors (Lipinski definition) is 1. The first-order valence-electron chi connectivity index (χ1n) is 5.22. The van der Waals surface area contributed by atoms with E-state index < -0.39 is 5.78 Å². The van der Waals surface area contributed by atoms with Gasteiger partial charge in [0, 0.05) is 0 Å². The molecule has 4 nitrogen and oxygen atoms in total. The van der Waals surface area contributed by atoms with Crippen LogP contribution < -0.4 is 4.74 Å². The summed E-state index contributed by atoms with van der Waals surface area (Å²) in [4.78, 5) is 22.2. The van der Waals surface area contributed by atoms with Crippen LogP contribution in [0.25, 0.3) is 6.08 Å². The van der Waals surface area contributed by atoms with Crippen LogP contribution in [0.4, 0.5) is 0 Å². The molecule has 0 heterocycles. The highest BCUT2D eigenvalue weighted by atomic mass is 16.5. The van der Waals surface area contributed by atoms with E-state index in [2.05, 4.69) is 0 Å². The van der Waals surface area contributed by atoms with E-state index >= 15 is 0 Å². The smallest absolute Gasteiger partial charge is 0.163 e. The molecular weight excluding hydrogens is 232 g/mol. The summed E-state index contributed by atoms with van der Waals surface area (Å²) < 4.78 is 4.93. The number of phenols is 1. The van der Waals surface area contributed by atoms with Crippen LogP contribution in [-0.4, -0.2) is 23.8 Å². The largest absolute Gasteiger partial charge is 0.504 e. The first-order valence-corrected chi connectivity index (χ1v) is 5.22. The Morgan fingerprint density at radius 1 is 1.39 bits per heavy atom. The highest BCUT2D eigenvalue weighted by Gasteiger charge is 2.03. The average Bonchev–Trinajstić information content (AvgIpc) is 2.37. The number of aromatic hydroxyl groups is 1. The van der Waals surface area contributed by atoms with Crippen LogP contribution in [0.15, 0.2) is 30.4 Å². The van der Waals surface area contributed by atoms with Gasteiger partial charge in [-0.15, -0.1) is 0 Å². The molecule has 0 bridgehead atoms. The summed E-state index contributed by atoms with van der Waals surface area (Å²) in [6.07, 6.45) is 3.44. The van der Waals surface area contributed by atoms with Crippen molar-refractivity contribution in [3.63, 3.8) is 0 Å². The lowest BCUT2D eigenvalue weighted by molar-refractivity contribution is -0.121. The number of hydrogen-bond acceptors (Lipinski definition) is 4. The van der Waals surface area contributed by atoms with Gasteiger partial charge >= 0.3 is 0 Å². The lowest BCUT2D eigenvalue weighted by Gasteiger charge is -2.03. The van der Waals surface area contributed by atoms with Crippen molar-refractivity contribution >= 4 is 17.6 Å². The molecule has 1 rings (SSSR count). The zero-order valence-corrected chi connectivity index (χ0v) is 9.92. The molecule has 1 N–H and O–H groups in total. The SMILES string of the molecule is [CH]=CC(=O)CC(=O)C=Cc1ccc(O)c(OC)c1. The van der Waals surface area contributed by atoms with Crippen LogP contribution in [0.5, 0.6) is 11.5 Å². The van der Waals surface area contributed by atoms with Gasteiger partial charge in [-0.3, -0.25) is 9.59 Å².